The van der Waals surface area contributed by atoms with Crippen molar-refractivity contribution in [2.45, 2.75) is 6.10 Å². The Labute approximate surface area is 107 Å². The molecule has 0 fully saturated rings. The van der Waals surface area contributed by atoms with Crippen LogP contribution in [0.2, 0.25) is 0 Å². The van der Waals surface area contributed by atoms with E-state index in [9.17, 15) is 9.50 Å². The molecule has 0 radical (unpaired) electrons. The third-order valence-electron chi connectivity index (χ3n) is 2.68. The molecule has 0 aliphatic carbocycles. The lowest BCUT2D eigenvalue weighted by Gasteiger charge is -2.10. The normalized spacial score (nSPS) is 12.8. The standard InChI is InChI=1S/C13H9FN2OS/c14-10-3-8(5-15-7-10)13(17)9-4-12-11(16-6-9)1-2-18-12/h1-7,13,17H. The van der Waals surface area contributed by atoms with Crippen LogP contribution < -0.4 is 0 Å². The molecule has 0 saturated carbocycles. The van der Waals surface area contributed by atoms with Crippen molar-refractivity contribution in [2.24, 2.45) is 0 Å². The first kappa shape index (κ1) is 11.3. The third kappa shape index (κ3) is 1.98. The van der Waals surface area contributed by atoms with E-state index in [2.05, 4.69) is 9.97 Å². The molecule has 5 heteroatoms. The van der Waals surface area contributed by atoms with Gasteiger partial charge in [0.1, 0.15) is 11.9 Å². The average Bonchev–Trinajstić information content (AvgIpc) is 2.85. The van der Waals surface area contributed by atoms with Crippen LogP contribution in [0.25, 0.3) is 10.2 Å². The fourth-order valence-corrected chi connectivity index (χ4v) is 2.57. The molecule has 0 aromatic carbocycles. The number of halogens is 1. The quantitative estimate of drug-likeness (QED) is 0.770. The first-order valence-electron chi connectivity index (χ1n) is 5.36. The molecule has 0 spiro atoms. The van der Waals surface area contributed by atoms with Gasteiger partial charge < -0.3 is 5.11 Å². The largest absolute Gasteiger partial charge is 0.384 e. The molecule has 0 amide bonds. The summed E-state index contributed by atoms with van der Waals surface area (Å²) in [4.78, 5) is 7.98. The molecule has 1 atom stereocenters. The molecule has 0 saturated heterocycles. The molecule has 3 aromatic heterocycles. The van der Waals surface area contributed by atoms with E-state index in [1.165, 1.54) is 12.3 Å². The van der Waals surface area contributed by atoms with Gasteiger partial charge in [0.15, 0.2) is 0 Å². The highest BCUT2D eigenvalue weighted by Gasteiger charge is 2.13. The SMILES string of the molecule is OC(c1cncc(F)c1)c1cnc2ccsc2c1. The summed E-state index contributed by atoms with van der Waals surface area (Å²) in [5.74, 6) is -0.461. The van der Waals surface area contributed by atoms with Crippen molar-refractivity contribution >= 4 is 21.6 Å². The molecule has 1 N–H and O–H groups in total. The van der Waals surface area contributed by atoms with Crippen molar-refractivity contribution in [1.82, 2.24) is 9.97 Å². The van der Waals surface area contributed by atoms with E-state index in [-0.39, 0.29) is 0 Å². The van der Waals surface area contributed by atoms with Crippen LogP contribution in [0.5, 0.6) is 0 Å². The predicted molar refractivity (Wildman–Crippen MR) is 67.9 cm³/mol. The lowest BCUT2D eigenvalue weighted by atomic mass is 10.1. The molecule has 0 bridgehead atoms. The number of hydrogen-bond acceptors (Lipinski definition) is 4. The Bertz CT molecular complexity index is 698. The van der Waals surface area contributed by atoms with Crippen LogP contribution in [0, 0.1) is 5.82 Å². The monoisotopic (exact) mass is 260 g/mol. The summed E-state index contributed by atoms with van der Waals surface area (Å²) in [6.07, 6.45) is 3.25. The van der Waals surface area contributed by atoms with Crippen molar-refractivity contribution in [3.8, 4) is 0 Å². The smallest absolute Gasteiger partial charge is 0.141 e. The Kier molecular flexibility index (Phi) is 2.77. The van der Waals surface area contributed by atoms with Gasteiger partial charge in [-0.15, -0.1) is 11.3 Å². The molecular weight excluding hydrogens is 251 g/mol. The predicted octanol–water partition coefficient (Wildman–Crippen LogP) is 2.91. The van der Waals surface area contributed by atoms with Gasteiger partial charge in [-0.2, -0.15) is 0 Å². The number of hydrogen-bond donors (Lipinski definition) is 1. The van der Waals surface area contributed by atoms with E-state index < -0.39 is 11.9 Å². The zero-order chi connectivity index (χ0) is 12.5. The second kappa shape index (κ2) is 4.44. The second-order valence-electron chi connectivity index (χ2n) is 3.91. The molecular formula is C13H9FN2OS. The number of pyridine rings is 2. The van der Waals surface area contributed by atoms with Crippen LogP contribution in [0.3, 0.4) is 0 Å². The molecule has 0 aliphatic heterocycles. The van der Waals surface area contributed by atoms with Crippen LogP contribution in [-0.2, 0) is 0 Å². The van der Waals surface area contributed by atoms with Crippen LogP contribution in [0.1, 0.15) is 17.2 Å². The molecule has 3 nitrogen and oxygen atoms in total. The van der Waals surface area contributed by atoms with Crippen LogP contribution >= 0.6 is 11.3 Å². The van der Waals surface area contributed by atoms with Gasteiger partial charge in [-0.25, -0.2) is 4.39 Å². The molecule has 3 aromatic rings. The molecule has 1 unspecified atom stereocenters. The summed E-state index contributed by atoms with van der Waals surface area (Å²) < 4.78 is 14.1. The fraction of sp³-hybridized carbons (Fsp3) is 0.0769. The van der Waals surface area contributed by atoms with Gasteiger partial charge in [0.05, 0.1) is 16.4 Å². The Hall–Kier alpha value is -1.85. The van der Waals surface area contributed by atoms with E-state index in [0.717, 1.165) is 16.4 Å². The lowest BCUT2D eigenvalue weighted by molar-refractivity contribution is 0.219. The minimum absolute atomic E-state index is 0.424. The maximum absolute atomic E-state index is 13.1. The number of nitrogens with zero attached hydrogens (tertiary/aromatic N) is 2. The van der Waals surface area contributed by atoms with Crippen molar-refractivity contribution < 1.29 is 9.50 Å². The zero-order valence-corrected chi connectivity index (χ0v) is 10.1. The number of fused-ring (bicyclic) bond motifs is 1. The summed E-state index contributed by atoms with van der Waals surface area (Å²) in [6.45, 7) is 0. The highest BCUT2D eigenvalue weighted by Crippen LogP contribution is 2.26. The fourth-order valence-electron chi connectivity index (χ4n) is 1.78. The average molecular weight is 260 g/mol. The molecule has 3 rings (SSSR count). The topological polar surface area (TPSA) is 46.0 Å². The molecule has 90 valence electrons. The Morgan fingerprint density at radius 2 is 2.00 bits per heavy atom. The van der Waals surface area contributed by atoms with E-state index in [0.29, 0.717) is 11.1 Å². The minimum Gasteiger partial charge on any atom is -0.384 e. The van der Waals surface area contributed by atoms with E-state index in [4.69, 9.17) is 0 Å². The van der Waals surface area contributed by atoms with Gasteiger partial charge >= 0.3 is 0 Å². The zero-order valence-electron chi connectivity index (χ0n) is 9.25. The summed E-state index contributed by atoms with van der Waals surface area (Å²) >= 11 is 1.55. The summed E-state index contributed by atoms with van der Waals surface area (Å²) in [7, 11) is 0. The van der Waals surface area contributed by atoms with Crippen LogP contribution in [0.4, 0.5) is 4.39 Å². The summed E-state index contributed by atoms with van der Waals surface area (Å²) in [6, 6.07) is 5.05. The van der Waals surface area contributed by atoms with Crippen LogP contribution in [0.15, 0.2) is 42.2 Å². The second-order valence-corrected chi connectivity index (χ2v) is 4.86. The highest BCUT2D eigenvalue weighted by molar-refractivity contribution is 7.17. The summed E-state index contributed by atoms with van der Waals surface area (Å²) in [5.41, 5.74) is 1.96. The number of aliphatic hydroxyl groups excluding tert-OH is 1. The molecule has 18 heavy (non-hydrogen) atoms. The van der Waals surface area contributed by atoms with Crippen molar-refractivity contribution in [2.75, 3.05) is 0 Å². The third-order valence-corrected chi connectivity index (χ3v) is 3.53. The Morgan fingerprint density at radius 3 is 2.83 bits per heavy atom. The minimum atomic E-state index is -0.910. The van der Waals surface area contributed by atoms with Gasteiger partial charge in [-0.3, -0.25) is 9.97 Å². The molecule has 3 heterocycles. The van der Waals surface area contributed by atoms with Gasteiger partial charge in [0, 0.05) is 23.5 Å². The van der Waals surface area contributed by atoms with Crippen LogP contribution in [-0.4, -0.2) is 15.1 Å². The summed E-state index contributed by atoms with van der Waals surface area (Å²) in [5, 5.41) is 12.1. The Morgan fingerprint density at radius 1 is 1.17 bits per heavy atom. The highest BCUT2D eigenvalue weighted by atomic mass is 32.1. The van der Waals surface area contributed by atoms with Crippen molar-refractivity contribution in [1.29, 1.82) is 0 Å². The van der Waals surface area contributed by atoms with Gasteiger partial charge in [0.2, 0.25) is 0 Å². The van der Waals surface area contributed by atoms with E-state index >= 15 is 0 Å². The van der Waals surface area contributed by atoms with Crippen molar-refractivity contribution in [3.05, 3.63) is 59.1 Å². The van der Waals surface area contributed by atoms with Gasteiger partial charge in [0.25, 0.3) is 0 Å². The molecule has 0 aliphatic rings. The number of aliphatic hydroxyl groups is 1. The number of rotatable bonds is 2. The lowest BCUT2D eigenvalue weighted by Crippen LogP contribution is -2.01. The first-order chi connectivity index (χ1) is 8.74. The van der Waals surface area contributed by atoms with Gasteiger partial charge in [-0.1, -0.05) is 0 Å². The maximum atomic E-state index is 13.1. The number of aromatic nitrogens is 2. The first-order valence-corrected chi connectivity index (χ1v) is 6.23. The van der Waals surface area contributed by atoms with E-state index in [1.54, 1.807) is 17.5 Å². The Balaban J connectivity index is 2.02. The van der Waals surface area contributed by atoms with Crippen molar-refractivity contribution in [3.63, 3.8) is 0 Å². The maximum Gasteiger partial charge on any atom is 0.141 e. The van der Waals surface area contributed by atoms with Gasteiger partial charge in [-0.05, 0) is 23.6 Å². The number of thiophene rings is 1. The van der Waals surface area contributed by atoms with E-state index in [1.807, 2.05) is 17.5 Å².